The number of hydrogen-bond donors (Lipinski definition) is 2. The van der Waals surface area contributed by atoms with E-state index in [9.17, 15) is 4.79 Å². The minimum Gasteiger partial charge on any atom is -0.497 e. The lowest BCUT2D eigenvalue weighted by Gasteiger charge is -2.28. The van der Waals surface area contributed by atoms with Gasteiger partial charge < -0.3 is 20.1 Å². The van der Waals surface area contributed by atoms with Crippen LogP contribution >= 0.6 is 0 Å². The molecule has 1 aliphatic heterocycles. The molecule has 1 amide bonds. The molecule has 2 rings (SSSR count). The molecule has 5 nitrogen and oxygen atoms in total. The highest BCUT2D eigenvalue weighted by molar-refractivity contribution is 5.97. The van der Waals surface area contributed by atoms with Gasteiger partial charge in [0.05, 0.1) is 25.8 Å². The fourth-order valence-electron chi connectivity index (χ4n) is 1.65. The Morgan fingerprint density at radius 1 is 1.35 bits per heavy atom. The molecule has 0 radical (unpaired) electrons. The lowest BCUT2D eigenvalue weighted by molar-refractivity contribution is 0.0920. The molecule has 0 bridgehead atoms. The predicted molar refractivity (Wildman–Crippen MR) is 63.7 cm³/mol. The number of benzene rings is 1. The molecule has 1 saturated heterocycles. The molecule has 0 aliphatic carbocycles. The van der Waals surface area contributed by atoms with E-state index in [1.165, 1.54) is 0 Å². The van der Waals surface area contributed by atoms with Crippen LogP contribution < -0.4 is 20.1 Å². The van der Waals surface area contributed by atoms with Crippen molar-refractivity contribution >= 4 is 5.91 Å². The van der Waals surface area contributed by atoms with Crippen LogP contribution in [0.3, 0.4) is 0 Å². The summed E-state index contributed by atoms with van der Waals surface area (Å²) in [4.78, 5) is 12.0. The Balaban J connectivity index is 2.18. The van der Waals surface area contributed by atoms with Crippen LogP contribution in [0.5, 0.6) is 11.5 Å². The second-order valence-electron chi connectivity index (χ2n) is 3.89. The van der Waals surface area contributed by atoms with E-state index in [-0.39, 0.29) is 11.9 Å². The van der Waals surface area contributed by atoms with Crippen molar-refractivity contribution in [1.29, 1.82) is 0 Å². The number of rotatable bonds is 4. The van der Waals surface area contributed by atoms with Crippen molar-refractivity contribution in [3.8, 4) is 11.5 Å². The fourth-order valence-corrected chi connectivity index (χ4v) is 1.65. The molecule has 2 N–H and O–H groups in total. The van der Waals surface area contributed by atoms with Gasteiger partial charge in [-0.1, -0.05) is 0 Å². The van der Waals surface area contributed by atoms with Crippen LogP contribution in [-0.4, -0.2) is 39.3 Å². The number of amides is 1. The quantitative estimate of drug-likeness (QED) is 0.794. The molecule has 1 aromatic rings. The number of carbonyl (C=O) groups excluding carboxylic acids is 1. The predicted octanol–water partition coefficient (Wildman–Crippen LogP) is 0.405. The van der Waals surface area contributed by atoms with Gasteiger partial charge in [-0.2, -0.15) is 0 Å². The van der Waals surface area contributed by atoms with Crippen molar-refractivity contribution in [2.75, 3.05) is 27.3 Å². The Hall–Kier alpha value is -1.75. The molecule has 1 aromatic carbocycles. The average Bonchev–Trinajstić information content (AvgIpc) is 2.32. The SMILES string of the molecule is COc1ccc(OC)c(C(=O)NC2CNC2)c1. The molecule has 1 fully saturated rings. The summed E-state index contributed by atoms with van der Waals surface area (Å²) in [6, 6.07) is 5.38. The van der Waals surface area contributed by atoms with Crippen LogP contribution in [0.1, 0.15) is 10.4 Å². The monoisotopic (exact) mass is 236 g/mol. The molecule has 0 unspecified atom stereocenters. The fraction of sp³-hybridized carbons (Fsp3) is 0.417. The minimum atomic E-state index is -0.132. The van der Waals surface area contributed by atoms with E-state index in [2.05, 4.69) is 10.6 Å². The molecule has 0 spiro atoms. The largest absolute Gasteiger partial charge is 0.497 e. The lowest BCUT2D eigenvalue weighted by atomic mass is 10.1. The Labute approximate surface area is 100 Å². The van der Waals surface area contributed by atoms with Gasteiger partial charge in [-0.3, -0.25) is 4.79 Å². The second kappa shape index (κ2) is 5.05. The van der Waals surface area contributed by atoms with E-state index in [0.29, 0.717) is 17.1 Å². The standard InChI is InChI=1S/C12H16N2O3/c1-16-9-3-4-11(17-2)10(5-9)12(15)14-8-6-13-7-8/h3-5,8,13H,6-7H2,1-2H3,(H,14,15). The molecule has 0 atom stereocenters. The van der Waals surface area contributed by atoms with Crippen molar-refractivity contribution in [2.24, 2.45) is 0 Å². The third-order valence-corrected chi connectivity index (χ3v) is 2.77. The Morgan fingerprint density at radius 2 is 2.12 bits per heavy atom. The van der Waals surface area contributed by atoms with E-state index < -0.39 is 0 Å². The molecular formula is C12H16N2O3. The van der Waals surface area contributed by atoms with Crippen LogP contribution in [0.15, 0.2) is 18.2 Å². The van der Waals surface area contributed by atoms with Crippen molar-refractivity contribution in [1.82, 2.24) is 10.6 Å². The van der Waals surface area contributed by atoms with Gasteiger partial charge in [0.1, 0.15) is 11.5 Å². The highest BCUT2D eigenvalue weighted by atomic mass is 16.5. The molecule has 0 saturated carbocycles. The van der Waals surface area contributed by atoms with Gasteiger partial charge in [-0.25, -0.2) is 0 Å². The zero-order valence-corrected chi connectivity index (χ0v) is 9.95. The molecule has 92 valence electrons. The van der Waals surface area contributed by atoms with Gasteiger partial charge in [0.25, 0.3) is 5.91 Å². The van der Waals surface area contributed by atoms with E-state index in [1.807, 2.05) is 0 Å². The molecule has 1 heterocycles. The van der Waals surface area contributed by atoms with Crippen molar-refractivity contribution in [3.05, 3.63) is 23.8 Å². The van der Waals surface area contributed by atoms with Gasteiger partial charge in [0.2, 0.25) is 0 Å². The zero-order valence-electron chi connectivity index (χ0n) is 9.95. The summed E-state index contributed by atoms with van der Waals surface area (Å²) in [5, 5.41) is 6.02. The van der Waals surface area contributed by atoms with E-state index >= 15 is 0 Å². The Morgan fingerprint density at radius 3 is 2.65 bits per heavy atom. The van der Waals surface area contributed by atoms with Crippen LogP contribution in [0.2, 0.25) is 0 Å². The normalized spacial score (nSPS) is 14.9. The van der Waals surface area contributed by atoms with Gasteiger partial charge in [0, 0.05) is 13.1 Å². The number of ether oxygens (including phenoxy) is 2. The Bertz CT molecular complexity index is 416. The first-order valence-corrected chi connectivity index (χ1v) is 5.48. The van der Waals surface area contributed by atoms with E-state index in [1.54, 1.807) is 32.4 Å². The third kappa shape index (κ3) is 2.50. The first-order valence-electron chi connectivity index (χ1n) is 5.48. The highest BCUT2D eigenvalue weighted by Crippen LogP contribution is 2.23. The van der Waals surface area contributed by atoms with Crippen LogP contribution in [0.25, 0.3) is 0 Å². The maximum absolute atomic E-state index is 12.0. The van der Waals surface area contributed by atoms with Crippen LogP contribution in [0.4, 0.5) is 0 Å². The number of nitrogens with one attached hydrogen (secondary N) is 2. The van der Waals surface area contributed by atoms with Gasteiger partial charge in [-0.15, -0.1) is 0 Å². The highest BCUT2D eigenvalue weighted by Gasteiger charge is 2.21. The lowest BCUT2D eigenvalue weighted by Crippen LogP contribution is -2.56. The first kappa shape index (κ1) is 11.7. The maximum Gasteiger partial charge on any atom is 0.255 e. The summed E-state index contributed by atoms with van der Waals surface area (Å²) >= 11 is 0. The second-order valence-corrected chi connectivity index (χ2v) is 3.89. The average molecular weight is 236 g/mol. The van der Waals surface area contributed by atoms with E-state index in [0.717, 1.165) is 13.1 Å². The first-order chi connectivity index (χ1) is 8.24. The van der Waals surface area contributed by atoms with Crippen molar-refractivity contribution < 1.29 is 14.3 Å². The summed E-state index contributed by atoms with van der Waals surface area (Å²) in [6.45, 7) is 1.63. The van der Waals surface area contributed by atoms with Gasteiger partial charge in [-0.05, 0) is 18.2 Å². The van der Waals surface area contributed by atoms with Gasteiger partial charge >= 0.3 is 0 Å². The minimum absolute atomic E-state index is 0.132. The summed E-state index contributed by atoms with van der Waals surface area (Å²) in [5.74, 6) is 1.06. The number of carbonyl (C=O) groups is 1. The van der Waals surface area contributed by atoms with Crippen molar-refractivity contribution in [2.45, 2.75) is 6.04 Å². The molecule has 5 heteroatoms. The summed E-state index contributed by atoms with van der Waals surface area (Å²) in [5.41, 5.74) is 0.499. The molecule has 0 aromatic heterocycles. The van der Waals surface area contributed by atoms with E-state index in [4.69, 9.17) is 9.47 Å². The number of methoxy groups -OCH3 is 2. The maximum atomic E-state index is 12.0. The van der Waals surface area contributed by atoms with Gasteiger partial charge in [0.15, 0.2) is 0 Å². The van der Waals surface area contributed by atoms with Crippen LogP contribution in [-0.2, 0) is 0 Å². The molecule has 1 aliphatic rings. The molecule has 17 heavy (non-hydrogen) atoms. The summed E-state index contributed by atoms with van der Waals surface area (Å²) in [7, 11) is 3.11. The smallest absolute Gasteiger partial charge is 0.255 e. The Kier molecular flexibility index (Phi) is 3.49. The summed E-state index contributed by atoms with van der Waals surface area (Å²) in [6.07, 6.45) is 0. The third-order valence-electron chi connectivity index (χ3n) is 2.77. The number of hydrogen-bond acceptors (Lipinski definition) is 4. The van der Waals surface area contributed by atoms with Crippen molar-refractivity contribution in [3.63, 3.8) is 0 Å². The topological polar surface area (TPSA) is 59.6 Å². The summed E-state index contributed by atoms with van der Waals surface area (Å²) < 4.78 is 10.3. The molecular weight excluding hydrogens is 220 g/mol. The van der Waals surface area contributed by atoms with Crippen LogP contribution in [0, 0.1) is 0 Å². The zero-order chi connectivity index (χ0) is 12.3.